The smallest absolute Gasteiger partial charge is 0.306 e. The van der Waals surface area contributed by atoms with Gasteiger partial charge < -0.3 is 10.8 Å². The Balaban J connectivity index is 2.64. The van der Waals surface area contributed by atoms with Crippen LogP contribution in [0.5, 0.6) is 0 Å². The van der Waals surface area contributed by atoms with E-state index in [2.05, 4.69) is 15.9 Å². The van der Waals surface area contributed by atoms with Gasteiger partial charge in [-0.3, -0.25) is 4.79 Å². The molecule has 1 aromatic carbocycles. The molecule has 0 aliphatic heterocycles. The van der Waals surface area contributed by atoms with E-state index < -0.39 is 11.9 Å². The van der Waals surface area contributed by atoms with Crippen molar-refractivity contribution >= 4 is 21.9 Å². The highest BCUT2D eigenvalue weighted by Gasteiger charge is 2.16. The second kappa shape index (κ2) is 5.28. The lowest BCUT2D eigenvalue weighted by Crippen LogP contribution is -2.19. The molecule has 3 N–H and O–H groups in total. The monoisotopic (exact) mass is 271 g/mol. The highest BCUT2D eigenvalue weighted by molar-refractivity contribution is 9.10. The predicted octanol–water partition coefficient (Wildman–Crippen LogP) is 2.56. The Labute approximate surface area is 97.4 Å². The van der Waals surface area contributed by atoms with E-state index in [-0.39, 0.29) is 6.04 Å². The van der Waals surface area contributed by atoms with Crippen molar-refractivity contribution in [1.82, 2.24) is 0 Å². The fraction of sp³-hybridized carbons (Fsp3) is 0.364. The Morgan fingerprint density at radius 1 is 1.47 bits per heavy atom. The largest absolute Gasteiger partial charge is 0.481 e. The van der Waals surface area contributed by atoms with Gasteiger partial charge in [-0.2, -0.15) is 0 Å². The van der Waals surface area contributed by atoms with Gasteiger partial charge in [0.1, 0.15) is 0 Å². The van der Waals surface area contributed by atoms with Crippen LogP contribution in [0.25, 0.3) is 0 Å². The number of hydrogen-bond donors (Lipinski definition) is 2. The van der Waals surface area contributed by atoms with Gasteiger partial charge >= 0.3 is 5.97 Å². The predicted molar refractivity (Wildman–Crippen MR) is 62.5 cm³/mol. The van der Waals surface area contributed by atoms with Gasteiger partial charge in [-0.15, -0.1) is 0 Å². The van der Waals surface area contributed by atoms with Crippen LogP contribution in [0.3, 0.4) is 0 Å². The summed E-state index contributed by atoms with van der Waals surface area (Å²) in [5.41, 5.74) is 6.87. The summed E-state index contributed by atoms with van der Waals surface area (Å²) in [7, 11) is 0. The lowest BCUT2D eigenvalue weighted by atomic mass is 9.97. The molecule has 0 amide bonds. The molecule has 4 heteroatoms. The first-order valence-corrected chi connectivity index (χ1v) is 5.54. The summed E-state index contributed by atoms with van der Waals surface area (Å²) in [6.07, 6.45) is 0.455. The van der Waals surface area contributed by atoms with Gasteiger partial charge in [-0.25, -0.2) is 0 Å². The number of halogens is 1. The van der Waals surface area contributed by atoms with Crippen LogP contribution in [0.2, 0.25) is 0 Å². The van der Waals surface area contributed by atoms with E-state index in [0.29, 0.717) is 6.42 Å². The van der Waals surface area contributed by atoms with Crippen molar-refractivity contribution in [3.63, 3.8) is 0 Å². The third kappa shape index (κ3) is 3.64. The molecular formula is C11H14BrNO2. The molecule has 0 radical (unpaired) electrons. The Kier molecular flexibility index (Phi) is 4.29. The van der Waals surface area contributed by atoms with Gasteiger partial charge in [0.15, 0.2) is 0 Å². The number of rotatable bonds is 4. The molecule has 0 spiro atoms. The van der Waals surface area contributed by atoms with Crippen LogP contribution < -0.4 is 5.73 Å². The summed E-state index contributed by atoms with van der Waals surface area (Å²) in [5, 5.41) is 8.76. The van der Waals surface area contributed by atoms with Gasteiger partial charge in [-0.1, -0.05) is 35.0 Å². The van der Waals surface area contributed by atoms with Crippen molar-refractivity contribution in [2.45, 2.75) is 19.4 Å². The van der Waals surface area contributed by atoms with Crippen molar-refractivity contribution in [3.8, 4) is 0 Å². The number of carbonyl (C=O) groups is 1. The van der Waals surface area contributed by atoms with Gasteiger partial charge in [0.25, 0.3) is 0 Å². The van der Waals surface area contributed by atoms with Gasteiger partial charge in [-0.05, 0) is 24.1 Å². The zero-order chi connectivity index (χ0) is 11.4. The molecule has 0 aromatic heterocycles. The maximum atomic E-state index is 10.7. The number of nitrogens with two attached hydrogens (primary N) is 1. The van der Waals surface area contributed by atoms with Crippen LogP contribution in [-0.4, -0.2) is 11.1 Å². The van der Waals surface area contributed by atoms with E-state index in [1.165, 1.54) is 0 Å². The van der Waals surface area contributed by atoms with E-state index in [1.807, 2.05) is 24.3 Å². The van der Waals surface area contributed by atoms with E-state index in [0.717, 1.165) is 10.0 Å². The summed E-state index contributed by atoms with van der Waals surface area (Å²) in [5.74, 6) is -1.22. The minimum absolute atomic E-state index is 0.218. The van der Waals surface area contributed by atoms with Crippen molar-refractivity contribution < 1.29 is 9.90 Å². The van der Waals surface area contributed by atoms with Gasteiger partial charge in [0, 0.05) is 10.5 Å². The quantitative estimate of drug-likeness (QED) is 0.885. The fourth-order valence-corrected chi connectivity index (χ4v) is 1.59. The van der Waals surface area contributed by atoms with E-state index in [4.69, 9.17) is 10.8 Å². The third-order valence-electron chi connectivity index (χ3n) is 2.33. The first-order chi connectivity index (χ1) is 7.00. The van der Waals surface area contributed by atoms with Gasteiger partial charge in [0.05, 0.1) is 5.92 Å². The van der Waals surface area contributed by atoms with Crippen LogP contribution >= 0.6 is 15.9 Å². The summed E-state index contributed by atoms with van der Waals surface area (Å²) < 4.78 is 0.990. The number of hydrogen-bond acceptors (Lipinski definition) is 2. The fourth-order valence-electron chi connectivity index (χ4n) is 1.33. The normalized spacial score (nSPS) is 14.6. The number of benzene rings is 1. The molecule has 0 fully saturated rings. The number of carboxylic acid groups (broad SMARTS) is 1. The minimum Gasteiger partial charge on any atom is -0.481 e. The molecular weight excluding hydrogens is 258 g/mol. The maximum absolute atomic E-state index is 10.7. The zero-order valence-electron chi connectivity index (χ0n) is 8.48. The van der Waals surface area contributed by atoms with Crippen LogP contribution in [0.15, 0.2) is 28.7 Å². The topological polar surface area (TPSA) is 63.3 Å². The maximum Gasteiger partial charge on any atom is 0.306 e. The SMILES string of the molecule is CC(CC(N)c1ccc(Br)cc1)C(=O)O. The van der Waals surface area contributed by atoms with Crippen LogP contribution in [0.4, 0.5) is 0 Å². The Morgan fingerprint density at radius 2 is 2.00 bits per heavy atom. The summed E-state index contributed by atoms with van der Waals surface area (Å²) >= 11 is 3.33. The standard InChI is InChI=1S/C11H14BrNO2/c1-7(11(14)15)6-10(13)8-2-4-9(12)5-3-8/h2-5,7,10H,6,13H2,1H3,(H,14,15). The first kappa shape index (κ1) is 12.2. The van der Waals surface area contributed by atoms with E-state index in [1.54, 1.807) is 6.92 Å². The molecule has 3 nitrogen and oxygen atoms in total. The third-order valence-corrected chi connectivity index (χ3v) is 2.86. The summed E-state index contributed by atoms with van der Waals surface area (Å²) in [6, 6.07) is 7.40. The minimum atomic E-state index is -0.803. The first-order valence-electron chi connectivity index (χ1n) is 4.74. The highest BCUT2D eigenvalue weighted by Crippen LogP contribution is 2.20. The molecule has 82 valence electrons. The van der Waals surface area contributed by atoms with Crippen molar-refractivity contribution in [3.05, 3.63) is 34.3 Å². The molecule has 1 rings (SSSR count). The average molecular weight is 272 g/mol. The van der Waals surface area contributed by atoms with Crippen molar-refractivity contribution in [2.24, 2.45) is 11.7 Å². The molecule has 0 saturated heterocycles. The molecule has 2 atom stereocenters. The van der Waals surface area contributed by atoms with Crippen LogP contribution in [0, 0.1) is 5.92 Å². The number of aliphatic carboxylic acids is 1. The molecule has 0 bridgehead atoms. The van der Waals surface area contributed by atoms with E-state index >= 15 is 0 Å². The Hall–Kier alpha value is -0.870. The van der Waals surface area contributed by atoms with Crippen molar-refractivity contribution in [1.29, 1.82) is 0 Å². The van der Waals surface area contributed by atoms with Crippen LogP contribution in [0.1, 0.15) is 24.9 Å². The van der Waals surface area contributed by atoms with E-state index in [9.17, 15) is 4.79 Å². The molecule has 15 heavy (non-hydrogen) atoms. The highest BCUT2D eigenvalue weighted by atomic mass is 79.9. The zero-order valence-corrected chi connectivity index (χ0v) is 10.1. The average Bonchev–Trinajstić information content (AvgIpc) is 2.18. The molecule has 2 unspecified atom stereocenters. The molecule has 0 aliphatic carbocycles. The summed E-state index contributed by atoms with van der Waals surface area (Å²) in [6.45, 7) is 1.67. The molecule has 1 aromatic rings. The Morgan fingerprint density at radius 3 is 2.47 bits per heavy atom. The second-order valence-electron chi connectivity index (χ2n) is 3.63. The second-order valence-corrected chi connectivity index (χ2v) is 4.55. The van der Waals surface area contributed by atoms with Gasteiger partial charge in [0.2, 0.25) is 0 Å². The van der Waals surface area contributed by atoms with Crippen molar-refractivity contribution in [2.75, 3.05) is 0 Å². The van der Waals surface area contributed by atoms with Crippen LogP contribution in [-0.2, 0) is 4.79 Å². The summed E-state index contributed by atoms with van der Waals surface area (Å²) in [4.78, 5) is 10.7. The lowest BCUT2D eigenvalue weighted by molar-refractivity contribution is -0.141. The Bertz CT molecular complexity index is 337. The molecule has 0 saturated carbocycles. The lowest BCUT2D eigenvalue weighted by Gasteiger charge is -2.14. The number of carboxylic acids is 1. The molecule has 0 aliphatic rings. The molecule has 0 heterocycles.